The van der Waals surface area contributed by atoms with Crippen molar-refractivity contribution in [3.05, 3.63) is 53.8 Å². The second kappa shape index (κ2) is 6.07. The van der Waals surface area contributed by atoms with Gasteiger partial charge in [-0.3, -0.25) is 4.79 Å². The monoisotopic (exact) mass is 520 g/mol. The second-order valence-electron chi connectivity index (χ2n) is 4.60. The molecule has 0 bridgehead atoms. The third-order valence-electron chi connectivity index (χ3n) is 3.24. The molecule has 0 unspecified atom stereocenters. The van der Waals surface area contributed by atoms with Crippen LogP contribution < -0.4 is 10.2 Å². The molecule has 0 aliphatic rings. The van der Waals surface area contributed by atoms with E-state index >= 15 is 0 Å². The lowest BCUT2D eigenvalue weighted by Crippen LogP contribution is -2.04. The van der Waals surface area contributed by atoms with E-state index in [1.807, 2.05) is 6.07 Å². The lowest BCUT2D eigenvalue weighted by molar-refractivity contribution is 0.414. The lowest BCUT2D eigenvalue weighted by atomic mass is 10.1. The average molecular weight is 520 g/mol. The summed E-state index contributed by atoms with van der Waals surface area (Å²) in [6, 6.07) is 10.6. The molecule has 2 aromatic carbocycles. The highest BCUT2D eigenvalue weighted by Gasteiger charge is 2.17. The Balaban J connectivity index is 2.30. The molecule has 0 fully saturated rings. The summed E-state index contributed by atoms with van der Waals surface area (Å²) in [4.78, 5) is 12.4. The van der Waals surface area contributed by atoms with E-state index in [0.29, 0.717) is 22.3 Å². The fraction of sp³-hybridized carbons (Fsp3) is 0.0625. The maximum Gasteiger partial charge on any atom is 0.235 e. The number of hydrogen-bond acceptors (Lipinski definition) is 4. The maximum atomic E-state index is 12.4. The molecule has 6 heteroatoms. The van der Waals surface area contributed by atoms with Crippen LogP contribution in [0.25, 0.3) is 22.3 Å². The largest absolute Gasteiger partial charge is 0.502 e. The molecule has 3 aromatic rings. The fourth-order valence-corrected chi connectivity index (χ4v) is 4.11. The van der Waals surface area contributed by atoms with Gasteiger partial charge in [0.25, 0.3) is 0 Å². The van der Waals surface area contributed by atoms with Crippen LogP contribution >= 0.6 is 45.2 Å². The maximum absolute atomic E-state index is 12.4. The van der Waals surface area contributed by atoms with Crippen molar-refractivity contribution in [1.82, 2.24) is 0 Å². The summed E-state index contributed by atoms with van der Waals surface area (Å²) < 4.78 is 12.7. The van der Waals surface area contributed by atoms with Gasteiger partial charge in [-0.25, -0.2) is 0 Å². The summed E-state index contributed by atoms with van der Waals surface area (Å²) in [5.74, 6) is 0.477. The van der Waals surface area contributed by atoms with Crippen LogP contribution in [0.1, 0.15) is 0 Å². The first-order chi connectivity index (χ1) is 10.5. The number of methoxy groups -OCH3 is 1. The van der Waals surface area contributed by atoms with E-state index in [0.717, 1.165) is 7.14 Å². The van der Waals surface area contributed by atoms with Crippen LogP contribution in [0.5, 0.6) is 11.5 Å². The van der Waals surface area contributed by atoms with Gasteiger partial charge in [-0.05, 0) is 81.6 Å². The van der Waals surface area contributed by atoms with E-state index < -0.39 is 5.43 Å². The summed E-state index contributed by atoms with van der Waals surface area (Å²) >= 11 is 4.25. The van der Waals surface area contributed by atoms with Gasteiger partial charge < -0.3 is 14.3 Å². The van der Waals surface area contributed by atoms with E-state index in [9.17, 15) is 9.90 Å². The molecular formula is C16H10I2O4. The average Bonchev–Trinajstić information content (AvgIpc) is 2.51. The molecule has 1 aromatic heterocycles. The molecule has 0 saturated carbocycles. The molecule has 0 saturated heterocycles. The summed E-state index contributed by atoms with van der Waals surface area (Å²) in [6.07, 6.45) is 0. The molecule has 0 radical (unpaired) electrons. The Morgan fingerprint density at radius 2 is 1.82 bits per heavy atom. The minimum absolute atomic E-state index is 0.166. The molecule has 0 aliphatic carbocycles. The van der Waals surface area contributed by atoms with Gasteiger partial charge in [0.1, 0.15) is 5.75 Å². The van der Waals surface area contributed by atoms with E-state index in [1.54, 1.807) is 37.4 Å². The number of ether oxygens (including phenoxy) is 1. The van der Waals surface area contributed by atoms with Gasteiger partial charge in [-0.2, -0.15) is 0 Å². The van der Waals surface area contributed by atoms with Gasteiger partial charge in [-0.15, -0.1) is 0 Å². The number of aromatic hydroxyl groups is 1. The first kappa shape index (κ1) is 15.6. The van der Waals surface area contributed by atoms with E-state index in [1.165, 1.54) is 0 Å². The molecule has 3 rings (SSSR count). The third kappa shape index (κ3) is 2.69. The van der Waals surface area contributed by atoms with Crippen LogP contribution in [-0.2, 0) is 0 Å². The van der Waals surface area contributed by atoms with Crippen LogP contribution in [0.3, 0.4) is 0 Å². The highest BCUT2D eigenvalue weighted by atomic mass is 127. The molecular weight excluding hydrogens is 510 g/mol. The first-order valence-electron chi connectivity index (χ1n) is 6.30. The Kier molecular flexibility index (Phi) is 4.31. The summed E-state index contributed by atoms with van der Waals surface area (Å²) in [5.41, 5.74) is 0.671. The standard InChI is InChI=1S/C16H10I2O4/c1-21-10-4-2-8(3-5-10)15-14(20)13(19)11-6-9(17)7-12(18)16(11)22-15/h2-7,20H,1H3. The Morgan fingerprint density at radius 1 is 1.14 bits per heavy atom. The predicted octanol–water partition coefficient (Wildman–Crippen LogP) is 4.38. The van der Waals surface area contributed by atoms with E-state index in [-0.39, 0.29) is 11.5 Å². The summed E-state index contributed by atoms with van der Waals surface area (Å²) in [7, 11) is 1.58. The third-order valence-corrected chi connectivity index (χ3v) is 4.66. The van der Waals surface area contributed by atoms with Crippen LogP contribution in [0.15, 0.2) is 45.6 Å². The molecule has 1 heterocycles. The molecule has 22 heavy (non-hydrogen) atoms. The van der Waals surface area contributed by atoms with Crippen molar-refractivity contribution in [3.8, 4) is 22.8 Å². The highest BCUT2D eigenvalue weighted by Crippen LogP contribution is 2.33. The second-order valence-corrected chi connectivity index (χ2v) is 7.01. The highest BCUT2D eigenvalue weighted by molar-refractivity contribution is 14.1. The molecule has 0 amide bonds. The summed E-state index contributed by atoms with van der Waals surface area (Å²) in [6.45, 7) is 0. The van der Waals surface area contributed by atoms with Crippen molar-refractivity contribution >= 4 is 56.2 Å². The van der Waals surface area contributed by atoms with Crippen molar-refractivity contribution in [2.75, 3.05) is 7.11 Å². The minimum Gasteiger partial charge on any atom is -0.502 e. The van der Waals surface area contributed by atoms with Crippen LogP contribution in [0.4, 0.5) is 0 Å². The van der Waals surface area contributed by atoms with Crippen LogP contribution in [0, 0.1) is 7.14 Å². The molecule has 112 valence electrons. The lowest BCUT2D eigenvalue weighted by Gasteiger charge is -2.08. The van der Waals surface area contributed by atoms with Gasteiger partial charge in [0.15, 0.2) is 11.3 Å². The van der Waals surface area contributed by atoms with Crippen molar-refractivity contribution < 1.29 is 14.3 Å². The molecule has 1 N–H and O–H groups in total. The SMILES string of the molecule is COc1ccc(-c2oc3c(I)cc(I)cc3c(=O)c2O)cc1. The Bertz CT molecular complexity index is 914. The number of benzene rings is 2. The normalized spacial score (nSPS) is 10.9. The number of hydrogen-bond donors (Lipinski definition) is 1. The Labute approximate surface area is 153 Å². The molecule has 0 atom stereocenters. The molecule has 0 aliphatic heterocycles. The topological polar surface area (TPSA) is 59.7 Å². The van der Waals surface area contributed by atoms with Crippen molar-refractivity contribution in [2.45, 2.75) is 0 Å². The minimum atomic E-state index is -0.427. The zero-order chi connectivity index (χ0) is 15.9. The Hall–Kier alpha value is -1.29. The van der Waals surface area contributed by atoms with Crippen LogP contribution in [0.2, 0.25) is 0 Å². The zero-order valence-corrected chi connectivity index (χ0v) is 15.7. The van der Waals surface area contributed by atoms with Gasteiger partial charge in [0.05, 0.1) is 16.1 Å². The first-order valence-corrected chi connectivity index (χ1v) is 8.46. The van der Waals surface area contributed by atoms with Crippen molar-refractivity contribution in [3.63, 3.8) is 0 Å². The van der Waals surface area contributed by atoms with Gasteiger partial charge in [-0.1, -0.05) is 0 Å². The molecule has 4 nitrogen and oxygen atoms in total. The van der Waals surface area contributed by atoms with Crippen molar-refractivity contribution in [1.29, 1.82) is 0 Å². The zero-order valence-electron chi connectivity index (χ0n) is 11.4. The fourth-order valence-electron chi connectivity index (χ4n) is 2.15. The van der Waals surface area contributed by atoms with Gasteiger partial charge in [0.2, 0.25) is 11.2 Å². The van der Waals surface area contributed by atoms with E-state index in [2.05, 4.69) is 45.2 Å². The van der Waals surface area contributed by atoms with Crippen LogP contribution in [-0.4, -0.2) is 12.2 Å². The van der Waals surface area contributed by atoms with Gasteiger partial charge in [0, 0.05) is 9.13 Å². The van der Waals surface area contributed by atoms with Gasteiger partial charge >= 0.3 is 0 Å². The number of fused-ring (bicyclic) bond motifs is 1. The Morgan fingerprint density at radius 3 is 2.45 bits per heavy atom. The number of halogens is 2. The number of rotatable bonds is 2. The predicted molar refractivity (Wildman–Crippen MR) is 102 cm³/mol. The molecule has 0 spiro atoms. The van der Waals surface area contributed by atoms with Crippen molar-refractivity contribution in [2.24, 2.45) is 0 Å². The smallest absolute Gasteiger partial charge is 0.235 e. The quantitative estimate of drug-likeness (QED) is 0.510. The summed E-state index contributed by atoms with van der Waals surface area (Å²) in [5, 5.41) is 10.6. The van der Waals surface area contributed by atoms with E-state index in [4.69, 9.17) is 9.15 Å².